The molecule has 0 radical (unpaired) electrons. The molecule has 0 fully saturated rings. The summed E-state index contributed by atoms with van der Waals surface area (Å²) in [5.74, 6) is 0.0402. The van der Waals surface area contributed by atoms with Crippen LogP contribution in [-0.4, -0.2) is 25.6 Å². The molecule has 2 aromatic rings. The lowest BCUT2D eigenvalue weighted by molar-refractivity contribution is -0.384. The maximum Gasteiger partial charge on any atom is 0.339 e. The number of nitrogens with zero attached hydrogens (tertiary/aromatic N) is 2. The van der Waals surface area contributed by atoms with Gasteiger partial charge in [-0.05, 0) is 42.0 Å². The molecule has 0 heterocycles. The molecule has 0 bridgehead atoms. The summed E-state index contributed by atoms with van der Waals surface area (Å²) in [5.41, 5.74) is 7.19. The second-order valence-corrected chi connectivity index (χ2v) is 6.14. The Labute approximate surface area is 142 Å². The van der Waals surface area contributed by atoms with E-state index in [4.69, 9.17) is 9.92 Å². The van der Waals surface area contributed by atoms with E-state index in [1.54, 1.807) is 0 Å². The molecular weight excluding hydrogens is 352 g/mol. The highest BCUT2D eigenvalue weighted by atomic mass is 32.2. The van der Waals surface area contributed by atoms with E-state index in [0.717, 1.165) is 24.3 Å². The second-order valence-electron chi connectivity index (χ2n) is 4.59. The largest absolute Gasteiger partial charge is 0.379 e. The van der Waals surface area contributed by atoms with Crippen LogP contribution < -0.4 is 15.3 Å². The lowest BCUT2D eigenvalue weighted by Gasteiger charge is -2.07. The summed E-state index contributed by atoms with van der Waals surface area (Å²) in [7, 11) is -4.13. The number of nitro groups is 1. The predicted molar refractivity (Wildman–Crippen MR) is 87.7 cm³/mol. The number of hydrogen-bond donors (Lipinski definition) is 2. The third-order valence-electron chi connectivity index (χ3n) is 2.81. The number of nitrogens with one attached hydrogen (secondary N) is 1. The SMILES string of the molecule is NC(=O)N/N=C\c1ccc(OS(=O)(=O)c2ccc([N+](=O)[O-])cc2)cc1. The summed E-state index contributed by atoms with van der Waals surface area (Å²) in [4.78, 5) is 20.2. The Balaban J connectivity index is 2.11. The Morgan fingerprint density at radius 3 is 2.28 bits per heavy atom. The van der Waals surface area contributed by atoms with Crippen LogP contribution in [0.15, 0.2) is 58.5 Å². The lowest BCUT2D eigenvalue weighted by Crippen LogP contribution is -2.24. The number of carbonyl (C=O) groups is 1. The van der Waals surface area contributed by atoms with E-state index in [2.05, 4.69) is 5.10 Å². The summed E-state index contributed by atoms with van der Waals surface area (Å²) in [6.07, 6.45) is 1.30. The highest BCUT2D eigenvalue weighted by Gasteiger charge is 2.18. The van der Waals surface area contributed by atoms with Gasteiger partial charge in [0, 0.05) is 12.1 Å². The number of urea groups is 1. The molecule has 3 N–H and O–H groups in total. The first-order valence-corrected chi connectivity index (χ1v) is 8.06. The van der Waals surface area contributed by atoms with Crippen molar-refractivity contribution in [3.05, 3.63) is 64.2 Å². The number of carbonyl (C=O) groups excluding carboxylic acids is 1. The molecule has 2 aromatic carbocycles. The Hall–Kier alpha value is -3.47. The van der Waals surface area contributed by atoms with Gasteiger partial charge in [-0.2, -0.15) is 13.5 Å². The van der Waals surface area contributed by atoms with Gasteiger partial charge in [0.05, 0.1) is 11.1 Å². The molecule has 2 amide bonds. The van der Waals surface area contributed by atoms with Crippen LogP contribution in [0.4, 0.5) is 10.5 Å². The Morgan fingerprint density at radius 1 is 1.16 bits per heavy atom. The molecule has 0 saturated carbocycles. The number of hydrazone groups is 1. The van der Waals surface area contributed by atoms with Crippen molar-refractivity contribution in [2.45, 2.75) is 4.90 Å². The zero-order valence-corrected chi connectivity index (χ0v) is 13.3. The van der Waals surface area contributed by atoms with Gasteiger partial charge in [0.25, 0.3) is 5.69 Å². The Kier molecular flexibility index (Phi) is 5.29. The van der Waals surface area contributed by atoms with Crippen molar-refractivity contribution >= 4 is 28.1 Å². The highest BCUT2D eigenvalue weighted by molar-refractivity contribution is 7.87. The van der Waals surface area contributed by atoms with Gasteiger partial charge in [0.15, 0.2) is 0 Å². The minimum absolute atomic E-state index is 0.0402. The first-order chi connectivity index (χ1) is 11.8. The van der Waals surface area contributed by atoms with Crippen molar-refractivity contribution in [2.75, 3.05) is 0 Å². The smallest absolute Gasteiger partial charge is 0.339 e. The molecule has 10 nitrogen and oxygen atoms in total. The molecule has 0 aliphatic rings. The Bertz CT molecular complexity index is 907. The van der Waals surface area contributed by atoms with Crippen LogP contribution in [0.2, 0.25) is 0 Å². The van der Waals surface area contributed by atoms with Crippen LogP contribution in [0.1, 0.15) is 5.56 Å². The molecule has 11 heteroatoms. The molecule has 130 valence electrons. The maximum atomic E-state index is 12.1. The maximum absolute atomic E-state index is 12.1. The van der Waals surface area contributed by atoms with Crippen molar-refractivity contribution in [1.29, 1.82) is 0 Å². The molecule has 2 rings (SSSR count). The zero-order chi connectivity index (χ0) is 18.4. The summed E-state index contributed by atoms with van der Waals surface area (Å²) < 4.78 is 29.2. The Morgan fingerprint density at radius 2 is 1.76 bits per heavy atom. The van der Waals surface area contributed by atoms with Gasteiger partial charge in [-0.1, -0.05) is 0 Å². The number of non-ortho nitro benzene ring substituents is 1. The van der Waals surface area contributed by atoms with Gasteiger partial charge in [-0.3, -0.25) is 10.1 Å². The minimum atomic E-state index is -4.13. The van der Waals surface area contributed by atoms with Crippen molar-refractivity contribution in [3.63, 3.8) is 0 Å². The third kappa shape index (κ3) is 5.00. The standard InChI is InChI=1S/C14H12N4O6S/c15-14(19)17-16-9-10-1-5-12(6-2-10)24-25(22,23)13-7-3-11(4-8-13)18(20)21/h1-9H,(H3,15,17,19)/b16-9-. The summed E-state index contributed by atoms with van der Waals surface area (Å²) in [5, 5.41) is 14.1. The summed E-state index contributed by atoms with van der Waals surface area (Å²) >= 11 is 0. The third-order valence-corrected chi connectivity index (χ3v) is 4.07. The fourth-order valence-electron chi connectivity index (χ4n) is 1.69. The lowest BCUT2D eigenvalue weighted by atomic mass is 10.2. The number of nitrogens with two attached hydrogens (primary N) is 1. The van der Waals surface area contributed by atoms with Gasteiger partial charge in [0.2, 0.25) is 0 Å². The van der Waals surface area contributed by atoms with E-state index in [0.29, 0.717) is 5.56 Å². The van der Waals surface area contributed by atoms with Crippen molar-refractivity contribution in [2.24, 2.45) is 10.8 Å². The first kappa shape index (κ1) is 17.9. The zero-order valence-electron chi connectivity index (χ0n) is 12.5. The van der Waals surface area contributed by atoms with E-state index in [9.17, 15) is 23.3 Å². The molecule has 0 atom stereocenters. The van der Waals surface area contributed by atoms with E-state index in [-0.39, 0.29) is 16.3 Å². The van der Waals surface area contributed by atoms with Crippen LogP contribution in [-0.2, 0) is 10.1 Å². The number of primary amides is 1. The van der Waals surface area contributed by atoms with Gasteiger partial charge in [-0.15, -0.1) is 0 Å². The van der Waals surface area contributed by atoms with Crippen LogP contribution in [0.25, 0.3) is 0 Å². The van der Waals surface area contributed by atoms with Gasteiger partial charge < -0.3 is 9.92 Å². The number of amides is 2. The average Bonchev–Trinajstić information content (AvgIpc) is 2.56. The molecular formula is C14H12N4O6S. The van der Waals surface area contributed by atoms with Gasteiger partial charge in [0.1, 0.15) is 10.6 Å². The molecule has 0 aliphatic heterocycles. The minimum Gasteiger partial charge on any atom is -0.379 e. The quantitative estimate of drug-likeness (QED) is 0.341. The molecule has 0 saturated heterocycles. The monoisotopic (exact) mass is 364 g/mol. The average molecular weight is 364 g/mol. The van der Waals surface area contributed by atoms with Crippen molar-refractivity contribution in [3.8, 4) is 5.75 Å². The summed E-state index contributed by atoms with van der Waals surface area (Å²) in [6, 6.07) is 9.28. The van der Waals surface area contributed by atoms with Gasteiger partial charge in [-0.25, -0.2) is 10.2 Å². The van der Waals surface area contributed by atoms with E-state index >= 15 is 0 Å². The van der Waals surface area contributed by atoms with Crippen molar-refractivity contribution < 1.29 is 22.3 Å². The fraction of sp³-hybridized carbons (Fsp3) is 0. The predicted octanol–water partition coefficient (Wildman–Crippen LogP) is 1.36. The molecule has 0 aliphatic carbocycles. The van der Waals surface area contributed by atoms with Gasteiger partial charge >= 0.3 is 16.1 Å². The van der Waals surface area contributed by atoms with Crippen LogP contribution >= 0.6 is 0 Å². The number of nitro benzene ring substituents is 1. The molecule has 0 unspecified atom stereocenters. The number of benzene rings is 2. The molecule has 0 aromatic heterocycles. The van der Waals surface area contributed by atoms with E-state index < -0.39 is 21.1 Å². The topological polar surface area (TPSA) is 154 Å². The first-order valence-electron chi connectivity index (χ1n) is 6.65. The summed E-state index contributed by atoms with van der Waals surface area (Å²) in [6.45, 7) is 0. The highest BCUT2D eigenvalue weighted by Crippen LogP contribution is 2.21. The van der Waals surface area contributed by atoms with Crippen molar-refractivity contribution in [1.82, 2.24) is 5.43 Å². The fourth-order valence-corrected chi connectivity index (χ4v) is 2.62. The van der Waals surface area contributed by atoms with Crippen LogP contribution in [0, 0.1) is 10.1 Å². The molecule has 0 spiro atoms. The van der Waals surface area contributed by atoms with E-state index in [1.807, 2.05) is 5.43 Å². The normalized spacial score (nSPS) is 11.2. The number of rotatable bonds is 6. The van der Waals surface area contributed by atoms with Crippen LogP contribution in [0.3, 0.4) is 0 Å². The van der Waals surface area contributed by atoms with Crippen LogP contribution in [0.5, 0.6) is 5.75 Å². The number of hydrogen-bond acceptors (Lipinski definition) is 7. The molecule has 25 heavy (non-hydrogen) atoms. The van der Waals surface area contributed by atoms with E-state index in [1.165, 1.54) is 30.5 Å². The second kappa shape index (κ2) is 7.40.